The van der Waals surface area contributed by atoms with Gasteiger partial charge in [-0.05, 0) is 49.4 Å². The molecule has 0 unspecified atom stereocenters. The van der Waals surface area contributed by atoms with Crippen LogP contribution in [0.5, 0.6) is 0 Å². The molecule has 2 aromatic carbocycles. The van der Waals surface area contributed by atoms with E-state index in [1.54, 1.807) is 12.1 Å². The van der Waals surface area contributed by atoms with Gasteiger partial charge in [-0.15, -0.1) is 0 Å². The van der Waals surface area contributed by atoms with Crippen molar-refractivity contribution in [3.8, 4) is 0 Å². The number of halogens is 2. The third-order valence-corrected chi connectivity index (χ3v) is 3.78. The van der Waals surface area contributed by atoms with Gasteiger partial charge in [-0.2, -0.15) is 0 Å². The van der Waals surface area contributed by atoms with Crippen LogP contribution in [0.1, 0.15) is 17.3 Å². The van der Waals surface area contributed by atoms with Crippen molar-refractivity contribution < 1.29 is 19.1 Å². The fourth-order valence-electron chi connectivity index (χ4n) is 1.94. The number of rotatable bonds is 5. The van der Waals surface area contributed by atoms with Crippen molar-refractivity contribution >= 4 is 52.5 Å². The van der Waals surface area contributed by atoms with Crippen molar-refractivity contribution in [2.45, 2.75) is 13.0 Å². The van der Waals surface area contributed by atoms with E-state index in [-0.39, 0.29) is 10.6 Å². The van der Waals surface area contributed by atoms with Crippen molar-refractivity contribution in [1.29, 1.82) is 0 Å². The third kappa shape index (κ3) is 5.37. The van der Waals surface area contributed by atoms with Crippen LogP contribution >= 0.6 is 23.2 Å². The van der Waals surface area contributed by atoms with Crippen molar-refractivity contribution in [2.75, 3.05) is 10.6 Å². The standard InChI is InChI=1S/C17H15Cl2N3O4/c1-9(15(23)22-14-7-4-11(18)8-13(14)19)26-16(24)10-2-5-12(6-3-10)21-17(20)25/h2-9H,1H3,(H,22,23)(H3,20,21,25)/t9-/m1/s1. The lowest BCUT2D eigenvalue weighted by Crippen LogP contribution is -2.30. The number of urea groups is 1. The predicted octanol–water partition coefficient (Wildman–Crippen LogP) is 3.67. The van der Waals surface area contributed by atoms with Crippen molar-refractivity contribution in [2.24, 2.45) is 5.73 Å². The Morgan fingerprint density at radius 1 is 1.04 bits per heavy atom. The molecule has 0 saturated carbocycles. The molecule has 9 heteroatoms. The Hall–Kier alpha value is -2.77. The Bertz CT molecular complexity index is 840. The smallest absolute Gasteiger partial charge is 0.338 e. The second-order valence-corrected chi connectivity index (χ2v) is 6.07. The average Bonchev–Trinajstić information content (AvgIpc) is 2.57. The maximum absolute atomic E-state index is 12.2. The van der Waals surface area contributed by atoms with Crippen molar-refractivity contribution in [3.05, 3.63) is 58.1 Å². The number of benzene rings is 2. The molecule has 0 bridgehead atoms. The van der Waals surface area contributed by atoms with Gasteiger partial charge in [-0.3, -0.25) is 4.79 Å². The topological polar surface area (TPSA) is 111 Å². The van der Waals surface area contributed by atoms with Gasteiger partial charge in [-0.25, -0.2) is 9.59 Å². The van der Waals surface area contributed by atoms with Gasteiger partial charge in [0.1, 0.15) is 0 Å². The monoisotopic (exact) mass is 395 g/mol. The Labute approximate surface area is 159 Å². The van der Waals surface area contributed by atoms with Crippen LogP contribution in [0.2, 0.25) is 10.0 Å². The molecule has 0 heterocycles. The molecule has 0 aromatic heterocycles. The van der Waals surface area contributed by atoms with Crippen LogP contribution in [0.4, 0.5) is 16.2 Å². The molecule has 1 atom stereocenters. The molecule has 2 rings (SSSR count). The number of primary amides is 1. The van der Waals surface area contributed by atoms with Gasteiger partial charge in [-0.1, -0.05) is 23.2 Å². The van der Waals surface area contributed by atoms with E-state index in [4.69, 9.17) is 33.7 Å². The largest absolute Gasteiger partial charge is 0.449 e. The van der Waals surface area contributed by atoms with E-state index in [9.17, 15) is 14.4 Å². The fraction of sp³-hybridized carbons (Fsp3) is 0.118. The van der Waals surface area contributed by atoms with Crippen molar-refractivity contribution in [1.82, 2.24) is 0 Å². The molecule has 0 radical (unpaired) electrons. The highest BCUT2D eigenvalue weighted by Gasteiger charge is 2.20. The Balaban J connectivity index is 1.97. The number of amides is 3. The first-order valence-corrected chi connectivity index (χ1v) is 8.15. The number of carbonyl (C=O) groups excluding carboxylic acids is 3. The van der Waals surface area contributed by atoms with Crippen LogP contribution in [0.3, 0.4) is 0 Å². The molecule has 136 valence electrons. The number of ether oxygens (including phenoxy) is 1. The van der Waals surface area contributed by atoms with Gasteiger partial charge in [0.25, 0.3) is 5.91 Å². The van der Waals surface area contributed by atoms with Gasteiger partial charge < -0.3 is 21.1 Å². The van der Waals surface area contributed by atoms with Crippen LogP contribution < -0.4 is 16.4 Å². The van der Waals surface area contributed by atoms with E-state index in [0.717, 1.165) is 0 Å². The van der Waals surface area contributed by atoms with E-state index < -0.39 is 24.0 Å². The summed E-state index contributed by atoms with van der Waals surface area (Å²) in [5.41, 5.74) is 5.99. The normalized spacial score (nSPS) is 11.3. The molecule has 2 aromatic rings. The Kier molecular flexibility index (Phi) is 6.43. The highest BCUT2D eigenvalue weighted by molar-refractivity contribution is 6.36. The summed E-state index contributed by atoms with van der Waals surface area (Å²) in [7, 11) is 0. The van der Waals surface area contributed by atoms with E-state index in [2.05, 4.69) is 10.6 Å². The summed E-state index contributed by atoms with van der Waals surface area (Å²) in [5.74, 6) is -1.24. The highest BCUT2D eigenvalue weighted by atomic mass is 35.5. The highest BCUT2D eigenvalue weighted by Crippen LogP contribution is 2.25. The van der Waals surface area contributed by atoms with Crippen LogP contribution in [0.15, 0.2) is 42.5 Å². The Morgan fingerprint density at radius 2 is 1.69 bits per heavy atom. The van der Waals surface area contributed by atoms with Gasteiger partial charge in [0.05, 0.1) is 16.3 Å². The van der Waals surface area contributed by atoms with Gasteiger partial charge in [0, 0.05) is 10.7 Å². The molecule has 26 heavy (non-hydrogen) atoms. The van der Waals surface area contributed by atoms with Gasteiger partial charge in [0.2, 0.25) is 0 Å². The number of hydrogen-bond donors (Lipinski definition) is 3. The summed E-state index contributed by atoms with van der Waals surface area (Å²) in [5, 5.41) is 5.62. The molecule has 3 amide bonds. The zero-order chi connectivity index (χ0) is 19.3. The number of esters is 1. The molecule has 0 aliphatic rings. The summed E-state index contributed by atoms with van der Waals surface area (Å²) in [6.45, 7) is 1.43. The minimum Gasteiger partial charge on any atom is -0.449 e. The lowest BCUT2D eigenvalue weighted by atomic mass is 10.2. The van der Waals surface area contributed by atoms with E-state index in [1.165, 1.54) is 37.3 Å². The van der Waals surface area contributed by atoms with E-state index in [1.807, 2.05) is 0 Å². The van der Waals surface area contributed by atoms with E-state index >= 15 is 0 Å². The summed E-state index contributed by atoms with van der Waals surface area (Å²) in [4.78, 5) is 35.0. The predicted molar refractivity (Wildman–Crippen MR) is 99.6 cm³/mol. The number of anilines is 2. The molecule has 0 saturated heterocycles. The molecule has 0 spiro atoms. The maximum Gasteiger partial charge on any atom is 0.338 e. The molecule has 4 N–H and O–H groups in total. The lowest BCUT2D eigenvalue weighted by molar-refractivity contribution is -0.123. The summed E-state index contributed by atoms with van der Waals surface area (Å²) in [6.07, 6.45) is -1.06. The molecule has 7 nitrogen and oxygen atoms in total. The first-order valence-electron chi connectivity index (χ1n) is 7.39. The minimum absolute atomic E-state index is 0.212. The number of hydrogen-bond acceptors (Lipinski definition) is 4. The molecule has 0 aliphatic carbocycles. The lowest BCUT2D eigenvalue weighted by Gasteiger charge is -2.14. The zero-order valence-corrected chi connectivity index (χ0v) is 15.1. The molecule has 0 fully saturated rings. The van der Waals surface area contributed by atoms with E-state index in [0.29, 0.717) is 16.4 Å². The molecule has 0 aliphatic heterocycles. The van der Waals surface area contributed by atoms with Crippen molar-refractivity contribution in [3.63, 3.8) is 0 Å². The van der Waals surface area contributed by atoms with Crippen LogP contribution in [0, 0.1) is 0 Å². The number of nitrogens with two attached hydrogens (primary N) is 1. The van der Waals surface area contributed by atoms with Gasteiger partial charge >= 0.3 is 12.0 Å². The summed E-state index contributed by atoms with van der Waals surface area (Å²) < 4.78 is 5.12. The minimum atomic E-state index is -1.06. The molecular weight excluding hydrogens is 381 g/mol. The first kappa shape index (κ1) is 19.6. The van der Waals surface area contributed by atoms with Crippen LogP contribution in [-0.2, 0) is 9.53 Å². The fourth-order valence-corrected chi connectivity index (χ4v) is 2.39. The zero-order valence-electron chi connectivity index (χ0n) is 13.6. The summed E-state index contributed by atoms with van der Waals surface area (Å²) >= 11 is 11.8. The van der Waals surface area contributed by atoms with Gasteiger partial charge in [0.15, 0.2) is 6.10 Å². The second-order valence-electron chi connectivity index (χ2n) is 5.23. The Morgan fingerprint density at radius 3 is 2.27 bits per heavy atom. The van der Waals surface area contributed by atoms with Crippen LogP contribution in [0.25, 0.3) is 0 Å². The third-order valence-electron chi connectivity index (χ3n) is 3.23. The SMILES string of the molecule is C[C@@H](OC(=O)c1ccc(NC(N)=O)cc1)C(=O)Nc1ccc(Cl)cc1Cl. The molecular formula is C17H15Cl2N3O4. The number of nitrogens with one attached hydrogen (secondary N) is 2. The first-order chi connectivity index (χ1) is 12.3. The second kappa shape index (κ2) is 8.55. The van der Waals surface area contributed by atoms with Crippen LogP contribution in [-0.4, -0.2) is 24.0 Å². The maximum atomic E-state index is 12.2. The number of carbonyl (C=O) groups is 3. The summed E-state index contributed by atoms with van der Waals surface area (Å²) in [6, 6.07) is 9.73. The quantitative estimate of drug-likeness (QED) is 0.670. The average molecular weight is 396 g/mol.